The van der Waals surface area contributed by atoms with Crippen molar-refractivity contribution in [1.82, 2.24) is 0 Å². The summed E-state index contributed by atoms with van der Waals surface area (Å²) in [6.45, 7) is 6.01. The Labute approximate surface area is 192 Å². The van der Waals surface area contributed by atoms with Crippen molar-refractivity contribution in [3.63, 3.8) is 0 Å². The molecule has 3 atom stereocenters. The lowest BCUT2D eigenvalue weighted by atomic mass is 10.1. The van der Waals surface area contributed by atoms with Crippen LogP contribution in [0, 0.1) is 0 Å². The van der Waals surface area contributed by atoms with Crippen molar-refractivity contribution in [2.75, 3.05) is 0 Å². The van der Waals surface area contributed by atoms with E-state index in [1.165, 1.54) is 0 Å². The third-order valence-electron chi connectivity index (χ3n) is 5.40. The van der Waals surface area contributed by atoms with Gasteiger partial charge in [-0.15, -0.1) is 0 Å². The third kappa shape index (κ3) is 6.63. The van der Waals surface area contributed by atoms with E-state index in [9.17, 15) is 4.57 Å². The predicted octanol–water partition coefficient (Wildman–Crippen LogP) is 8.60. The van der Waals surface area contributed by atoms with Crippen LogP contribution in [-0.4, -0.2) is 0 Å². The molecular formula is C27H33O4P. The first kappa shape index (κ1) is 24.4. The molecule has 0 aromatic heterocycles. The van der Waals surface area contributed by atoms with Crippen LogP contribution in [0.5, 0.6) is 0 Å². The smallest absolute Gasteiger partial charge is 0.279 e. The van der Waals surface area contributed by atoms with Gasteiger partial charge in [-0.3, -0.25) is 13.6 Å². The fraction of sp³-hybridized carbons (Fsp3) is 0.333. The molecule has 0 bridgehead atoms. The molecule has 0 spiro atoms. The van der Waals surface area contributed by atoms with Crippen molar-refractivity contribution in [3.05, 3.63) is 108 Å². The molecular weight excluding hydrogens is 419 g/mol. The van der Waals surface area contributed by atoms with Gasteiger partial charge in [0.1, 0.15) is 0 Å². The molecule has 0 aliphatic heterocycles. The molecule has 3 rings (SSSR count). The molecule has 3 aromatic rings. The fourth-order valence-corrected chi connectivity index (χ4v) is 5.55. The Morgan fingerprint density at radius 3 is 1.00 bits per heavy atom. The first-order valence-corrected chi connectivity index (χ1v) is 12.8. The van der Waals surface area contributed by atoms with Gasteiger partial charge in [0.15, 0.2) is 0 Å². The highest BCUT2D eigenvalue weighted by atomic mass is 31.2. The van der Waals surface area contributed by atoms with E-state index in [0.717, 1.165) is 16.7 Å². The second kappa shape index (κ2) is 12.1. The van der Waals surface area contributed by atoms with Gasteiger partial charge < -0.3 is 0 Å². The molecule has 32 heavy (non-hydrogen) atoms. The predicted molar refractivity (Wildman–Crippen MR) is 129 cm³/mol. The van der Waals surface area contributed by atoms with Crippen LogP contribution in [0.25, 0.3) is 0 Å². The highest BCUT2D eigenvalue weighted by Crippen LogP contribution is 2.60. The van der Waals surface area contributed by atoms with Gasteiger partial charge in [0, 0.05) is 0 Å². The number of rotatable bonds is 12. The Balaban J connectivity index is 1.92. The molecule has 4 nitrogen and oxygen atoms in total. The SMILES string of the molecule is CC[C@H](OP(=O)(O[C@@H](CC)c1ccccc1)O[C@@H](CC)c1ccccc1)c1ccccc1. The second-order valence-corrected chi connectivity index (χ2v) is 9.21. The van der Waals surface area contributed by atoms with Crippen molar-refractivity contribution in [2.45, 2.75) is 58.3 Å². The van der Waals surface area contributed by atoms with E-state index in [-0.39, 0.29) is 0 Å². The van der Waals surface area contributed by atoms with Gasteiger partial charge in [-0.1, -0.05) is 112 Å². The lowest BCUT2D eigenvalue weighted by Gasteiger charge is -2.30. The number of benzene rings is 3. The lowest BCUT2D eigenvalue weighted by molar-refractivity contribution is 0.0262. The number of phosphoric ester groups is 1. The summed E-state index contributed by atoms with van der Waals surface area (Å²) in [4.78, 5) is 0. The Morgan fingerprint density at radius 2 is 0.781 bits per heavy atom. The van der Waals surface area contributed by atoms with Gasteiger partial charge in [0.25, 0.3) is 0 Å². The average molecular weight is 453 g/mol. The fourth-order valence-electron chi connectivity index (χ4n) is 3.66. The van der Waals surface area contributed by atoms with Gasteiger partial charge in [-0.25, -0.2) is 4.57 Å². The Kier molecular flexibility index (Phi) is 9.25. The highest BCUT2D eigenvalue weighted by molar-refractivity contribution is 7.48. The van der Waals surface area contributed by atoms with Gasteiger partial charge in [0.2, 0.25) is 0 Å². The molecule has 0 N–H and O–H groups in total. The Hall–Kier alpha value is -2.23. The number of hydrogen-bond donors (Lipinski definition) is 0. The van der Waals surface area contributed by atoms with Crippen LogP contribution >= 0.6 is 7.82 Å². The van der Waals surface area contributed by atoms with Gasteiger partial charge in [-0.2, -0.15) is 0 Å². The number of hydrogen-bond acceptors (Lipinski definition) is 4. The zero-order chi connectivity index (χ0) is 22.8. The highest BCUT2D eigenvalue weighted by Gasteiger charge is 2.37. The van der Waals surface area contributed by atoms with Crippen LogP contribution in [0.2, 0.25) is 0 Å². The van der Waals surface area contributed by atoms with E-state index < -0.39 is 26.1 Å². The summed E-state index contributed by atoms with van der Waals surface area (Å²) >= 11 is 0. The molecule has 0 heterocycles. The minimum Gasteiger partial charge on any atom is -0.279 e. The summed E-state index contributed by atoms with van der Waals surface area (Å²) in [6.07, 6.45) is 0.733. The second-order valence-electron chi connectivity index (χ2n) is 7.69. The first-order valence-electron chi connectivity index (χ1n) is 11.4. The standard InChI is InChI=1S/C27H33O4P/c1-4-25(22-16-10-7-11-17-22)29-32(28,30-26(5-2)23-18-12-8-13-19-23)31-27(6-3)24-20-14-9-15-21-24/h7-21,25-27H,4-6H2,1-3H3/t25-,26-,27-/m0/s1. The van der Waals surface area contributed by atoms with Crippen LogP contribution in [0.3, 0.4) is 0 Å². The minimum absolute atomic E-state index is 0.399. The quantitative estimate of drug-likeness (QED) is 0.258. The Bertz CT molecular complexity index is 836. The van der Waals surface area contributed by atoms with Gasteiger partial charge in [-0.05, 0) is 36.0 Å². The molecule has 5 heteroatoms. The van der Waals surface area contributed by atoms with Crippen LogP contribution in [-0.2, 0) is 18.1 Å². The molecule has 0 aliphatic rings. The molecule has 0 radical (unpaired) electrons. The van der Waals surface area contributed by atoms with E-state index in [2.05, 4.69) is 0 Å². The molecule has 3 aromatic carbocycles. The Morgan fingerprint density at radius 1 is 0.531 bits per heavy atom. The van der Waals surface area contributed by atoms with Gasteiger partial charge >= 0.3 is 7.82 Å². The summed E-state index contributed by atoms with van der Waals surface area (Å²) in [5.74, 6) is 0. The summed E-state index contributed by atoms with van der Waals surface area (Å²) in [6, 6.07) is 29.4. The van der Waals surface area contributed by atoms with Crippen molar-refractivity contribution >= 4 is 7.82 Å². The topological polar surface area (TPSA) is 44.8 Å². The van der Waals surface area contributed by atoms with Crippen molar-refractivity contribution in [3.8, 4) is 0 Å². The minimum atomic E-state index is -3.93. The maximum Gasteiger partial charge on any atom is 0.476 e. The van der Waals surface area contributed by atoms with Gasteiger partial charge in [0.05, 0.1) is 18.3 Å². The maximum atomic E-state index is 14.2. The lowest BCUT2D eigenvalue weighted by Crippen LogP contribution is -2.12. The summed E-state index contributed by atoms with van der Waals surface area (Å²) < 4.78 is 32.8. The first-order chi connectivity index (χ1) is 15.6. The van der Waals surface area contributed by atoms with Crippen molar-refractivity contribution in [1.29, 1.82) is 0 Å². The monoisotopic (exact) mass is 452 g/mol. The van der Waals surface area contributed by atoms with Crippen LogP contribution in [0.1, 0.15) is 75.0 Å². The summed E-state index contributed by atoms with van der Waals surface area (Å²) in [5, 5.41) is 0. The van der Waals surface area contributed by atoms with Crippen LogP contribution < -0.4 is 0 Å². The summed E-state index contributed by atoms with van der Waals surface area (Å²) in [7, 11) is -3.93. The van der Waals surface area contributed by atoms with E-state index in [0.29, 0.717) is 19.3 Å². The number of phosphoric acid groups is 1. The normalized spacial score (nSPS) is 14.6. The van der Waals surface area contributed by atoms with Crippen LogP contribution in [0.4, 0.5) is 0 Å². The largest absolute Gasteiger partial charge is 0.476 e. The molecule has 0 amide bonds. The average Bonchev–Trinajstić information content (AvgIpc) is 2.86. The maximum absolute atomic E-state index is 14.2. The molecule has 0 saturated heterocycles. The van der Waals surface area contributed by atoms with Crippen LogP contribution in [0.15, 0.2) is 91.0 Å². The zero-order valence-corrected chi connectivity index (χ0v) is 20.0. The third-order valence-corrected chi connectivity index (χ3v) is 6.93. The zero-order valence-electron chi connectivity index (χ0n) is 19.1. The molecule has 0 saturated carbocycles. The molecule has 0 aliphatic carbocycles. The van der Waals surface area contributed by atoms with E-state index in [4.69, 9.17) is 13.6 Å². The summed E-state index contributed by atoms with van der Waals surface area (Å²) in [5.41, 5.74) is 2.84. The van der Waals surface area contributed by atoms with Crippen molar-refractivity contribution < 1.29 is 18.1 Å². The molecule has 170 valence electrons. The molecule has 0 unspecified atom stereocenters. The van der Waals surface area contributed by atoms with E-state index in [1.54, 1.807) is 0 Å². The van der Waals surface area contributed by atoms with Crippen molar-refractivity contribution in [2.24, 2.45) is 0 Å². The molecule has 0 fully saturated rings. The van der Waals surface area contributed by atoms with E-state index in [1.807, 2.05) is 112 Å². The van der Waals surface area contributed by atoms with E-state index >= 15 is 0 Å².